The number of aliphatic imine (C=N–C) groups is 1. The Hall–Kier alpha value is -3.82. The normalized spacial score (nSPS) is 19.9. The van der Waals surface area contributed by atoms with E-state index in [1.807, 2.05) is 54.7 Å². The molecule has 37 heavy (non-hydrogen) atoms. The summed E-state index contributed by atoms with van der Waals surface area (Å²) in [6.45, 7) is 2.61. The van der Waals surface area contributed by atoms with Gasteiger partial charge in [-0.25, -0.2) is 0 Å². The van der Waals surface area contributed by atoms with Crippen molar-refractivity contribution >= 4 is 29.2 Å². The smallest absolute Gasteiger partial charge is 0.119 e. The van der Waals surface area contributed by atoms with E-state index in [0.29, 0.717) is 24.5 Å². The van der Waals surface area contributed by atoms with E-state index in [1.54, 1.807) is 0 Å². The molecule has 184 valence electrons. The fourth-order valence-electron chi connectivity index (χ4n) is 5.39. The fourth-order valence-corrected chi connectivity index (χ4v) is 5.58. The van der Waals surface area contributed by atoms with Gasteiger partial charge in [0.15, 0.2) is 0 Å². The Morgan fingerprint density at radius 1 is 0.973 bits per heavy atom. The average molecular weight is 505 g/mol. The highest BCUT2D eigenvalue weighted by molar-refractivity contribution is 6.31. The van der Waals surface area contributed by atoms with Crippen molar-refractivity contribution < 1.29 is 4.74 Å². The molecule has 4 aromatic rings. The number of hydrogen-bond donors (Lipinski definition) is 1. The van der Waals surface area contributed by atoms with Crippen LogP contribution in [0.5, 0.6) is 5.75 Å². The molecular formula is C33H29ClN2O. The largest absolute Gasteiger partial charge is 0.489 e. The summed E-state index contributed by atoms with van der Waals surface area (Å²) in [7, 11) is 0. The molecule has 0 bridgehead atoms. The standard InChI is InChI=1S/C33H29ClN2O/c1-22-9-18-32-30(19-22)28-6-4-7-29(28)33(36-32)24-12-14-26(15-13-24)35-20-23-10-16-27(17-11-23)37-21-25-5-2-3-8-31(25)34/h2-6,8-20,28-29,33,36H,7,21H2,1H3/t28-,29-,33+/m1/s1. The van der Waals surface area contributed by atoms with Gasteiger partial charge in [0.05, 0.1) is 11.7 Å². The van der Waals surface area contributed by atoms with Crippen molar-refractivity contribution in [2.24, 2.45) is 10.9 Å². The zero-order valence-corrected chi connectivity index (χ0v) is 21.5. The van der Waals surface area contributed by atoms with Gasteiger partial charge in [-0.15, -0.1) is 0 Å². The van der Waals surface area contributed by atoms with Crippen LogP contribution < -0.4 is 10.1 Å². The third-order valence-corrected chi connectivity index (χ3v) is 7.73. The Labute approximate surface area is 223 Å². The number of rotatable bonds is 6. The van der Waals surface area contributed by atoms with Crippen LogP contribution in [-0.4, -0.2) is 6.21 Å². The quantitative estimate of drug-likeness (QED) is 0.210. The van der Waals surface area contributed by atoms with Crippen molar-refractivity contribution in [1.29, 1.82) is 0 Å². The number of hydrogen-bond acceptors (Lipinski definition) is 3. The second-order valence-electron chi connectivity index (χ2n) is 9.87. The maximum Gasteiger partial charge on any atom is 0.119 e. The van der Waals surface area contributed by atoms with E-state index >= 15 is 0 Å². The molecule has 1 heterocycles. The lowest BCUT2D eigenvalue weighted by Crippen LogP contribution is -2.29. The predicted molar refractivity (Wildman–Crippen MR) is 153 cm³/mol. The van der Waals surface area contributed by atoms with Crippen LogP contribution in [0.3, 0.4) is 0 Å². The molecule has 0 aromatic heterocycles. The van der Waals surface area contributed by atoms with Gasteiger partial charge in [-0.05, 0) is 84.5 Å². The van der Waals surface area contributed by atoms with Crippen molar-refractivity contribution in [2.75, 3.05) is 5.32 Å². The molecule has 0 radical (unpaired) electrons. The molecule has 0 fully saturated rings. The van der Waals surface area contributed by atoms with Crippen molar-refractivity contribution in [1.82, 2.24) is 0 Å². The molecule has 6 rings (SSSR count). The molecule has 0 saturated heterocycles. The lowest BCUT2D eigenvalue weighted by molar-refractivity contribution is 0.306. The topological polar surface area (TPSA) is 33.6 Å². The summed E-state index contributed by atoms with van der Waals surface area (Å²) < 4.78 is 5.88. The van der Waals surface area contributed by atoms with Gasteiger partial charge in [0.1, 0.15) is 12.4 Å². The lowest BCUT2D eigenvalue weighted by Gasteiger charge is -2.37. The maximum atomic E-state index is 6.21. The van der Waals surface area contributed by atoms with Gasteiger partial charge < -0.3 is 10.1 Å². The highest BCUT2D eigenvalue weighted by Gasteiger charge is 2.37. The minimum Gasteiger partial charge on any atom is -0.489 e. The minimum absolute atomic E-state index is 0.298. The van der Waals surface area contributed by atoms with Crippen LogP contribution in [0.4, 0.5) is 11.4 Å². The maximum absolute atomic E-state index is 6.21. The molecule has 4 heteroatoms. The summed E-state index contributed by atoms with van der Waals surface area (Å²) in [6, 6.07) is 31.4. The molecule has 4 aromatic carbocycles. The highest BCUT2D eigenvalue weighted by atomic mass is 35.5. The first-order valence-electron chi connectivity index (χ1n) is 12.8. The van der Waals surface area contributed by atoms with Crippen LogP contribution in [0.1, 0.15) is 46.2 Å². The summed E-state index contributed by atoms with van der Waals surface area (Å²) in [5.41, 5.74) is 8.25. The second-order valence-corrected chi connectivity index (χ2v) is 10.3. The van der Waals surface area contributed by atoms with Crippen LogP contribution in [0.15, 0.2) is 108 Å². The van der Waals surface area contributed by atoms with Crippen molar-refractivity contribution in [3.63, 3.8) is 0 Å². The third-order valence-electron chi connectivity index (χ3n) is 7.37. The third kappa shape index (κ3) is 5.05. The second kappa shape index (κ2) is 10.3. The Bertz CT molecular complexity index is 1460. The van der Waals surface area contributed by atoms with E-state index in [1.165, 1.54) is 22.4 Å². The zero-order valence-electron chi connectivity index (χ0n) is 20.8. The van der Waals surface area contributed by atoms with Crippen LogP contribution in [-0.2, 0) is 6.61 Å². The zero-order chi connectivity index (χ0) is 25.2. The van der Waals surface area contributed by atoms with Gasteiger partial charge in [0, 0.05) is 28.4 Å². The summed E-state index contributed by atoms with van der Waals surface area (Å²) in [5, 5.41) is 4.54. The SMILES string of the molecule is Cc1ccc2c(c1)[C@@H]1C=CC[C@H]1[C@H](c1ccc(N=Cc3ccc(OCc4ccccc4Cl)cc3)cc1)N2. The number of aryl methyl sites for hydroxylation is 1. The van der Waals surface area contributed by atoms with Crippen LogP contribution in [0.2, 0.25) is 5.02 Å². The molecule has 1 N–H and O–H groups in total. The molecular weight excluding hydrogens is 476 g/mol. The van der Waals surface area contributed by atoms with Crippen molar-refractivity contribution in [3.05, 3.63) is 136 Å². The molecule has 0 spiro atoms. The number of fused-ring (bicyclic) bond motifs is 3. The van der Waals surface area contributed by atoms with Crippen LogP contribution in [0, 0.1) is 12.8 Å². The molecule has 2 aliphatic rings. The van der Waals surface area contributed by atoms with E-state index in [2.05, 4.69) is 66.9 Å². The first-order valence-corrected chi connectivity index (χ1v) is 13.2. The van der Waals surface area contributed by atoms with E-state index in [9.17, 15) is 0 Å². The summed E-state index contributed by atoms with van der Waals surface area (Å²) in [4.78, 5) is 4.69. The van der Waals surface area contributed by atoms with Gasteiger partial charge >= 0.3 is 0 Å². The Morgan fingerprint density at radius 3 is 2.59 bits per heavy atom. The van der Waals surface area contributed by atoms with Gasteiger partial charge in [-0.1, -0.05) is 71.8 Å². The highest BCUT2D eigenvalue weighted by Crippen LogP contribution is 2.50. The Kier molecular flexibility index (Phi) is 6.55. The average Bonchev–Trinajstić information content (AvgIpc) is 3.43. The first-order chi connectivity index (χ1) is 18.1. The molecule has 3 atom stereocenters. The molecule has 0 saturated carbocycles. The number of anilines is 1. The van der Waals surface area contributed by atoms with Crippen LogP contribution in [0.25, 0.3) is 0 Å². The number of benzene rings is 4. The molecule has 1 aliphatic heterocycles. The molecule has 1 aliphatic carbocycles. The first kappa shape index (κ1) is 23.6. The molecule has 0 unspecified atom stereocenters. The van der Waals surface area contributed by atoms with Crippen molar-refractivity contribution in [3.8, 4) is 5.75 Å². The van der Waals surface area contributed by atoms with Gasteiger partial charge in [0.25, 0.3) is 0 Å². The Balaban J connectivity index is 1.11. The van der Waals surface area contributed by atoms with E-state index in [4.69, 9.17) is 21.3 Å². The van der Waals surface area contributed by atoms with Gasteiger partial charge in [0.2, 0.25) is 0 Å². The van der Waals surface area contributed by atoms with Gasteiger partial charge in [-0.2, -0.15) is 0 Å². The number of nitrogens with one attached hydrogen (secondary N) is 1. The van der Waals surface area contributed by atoms with E-state index in [0.717, 1.165) is 34.0 Å². The predicted octanol–water partition coefficient (Wildman–Crippen LogP) is 8.80. The number of ether oxygens (including phenoxy) is 1. The Morgan fingerprint density at radius 2 is 1.78 bits per heavy atom. The molecule has 0 amide bonds. The van der Waals surface area contributed by atoms with Crippen LogP contribution >= 0.6 is 11.6 Å². The fraction of sp³-hybridized carbons (Fsp3) is 0.182. The lowest BCUT2D eigenvalue weighted by atomic mass is 9.76. The number of nitrogens with zero attached hydrogens (tertiary/aromatic N) is 1. The van der Waals surface area contributed by atoms with E-state index < -0.39 is 0 Å². The minimum atomic E-state index is 0.298. The molecule has 3 nitrogen and oxygen atoms in total. The summed E-state index contributed by atoms with van der Waals surface area (Å²) in [5.74, 6) is 1.83. The summed E-state index contributed by atoms with van der Waals surface area (Å²) >= 11 is 6.21. The van der Waals surface area contributed by atoms with Crippen molar-refractivity contribution in [2.45, 2.75) is 31.9 Å². The summed E-state index contributed by atoms with van der Waals surface area (Å²) in [6.07, 6.45) is 7.73. The van der Waals surface area contributed by atoms with Gasteiger partial charge in [-0.3, -0.25) is 4.99 Å². The monoisotopic (exact) mass is 504 g/mol. The number of halogens is 1. The number of allylic oxidation sites excluding steroid dienone is 2. The van der Waals surface area contributed by atoms with E-state index in [-0.39, 0.29) is 0 Å².